The lowest BCUT2D eigenvalue weighted by Crippen LogP contribution is -1.93. The summed E-state index contributed by atoms with van der Waals surface area (Å²) in [7, 11) is 0. The molecule has 0 unspecified atom stereocenters. The van der Waals surface area contributed by atoms with Crippen molar-refractivity contribution < 1.29 is 4.74 Å². The van der Waals surface area contributed by atoms with Crippen LogP contribution < -0.4 is 4.74 Å². The molecule has 27 heavy (non-hydrogen) atoms. The first kappa shape index (κ1) is 22.8. The zero-order valence-corrected chi connectivity index (χ0v) is 18.4. The zero-order chi connectivity index (χ0) is 20.2. The average Bonchev–Trinajstić information content (AvgIpc) is 2.94. The Kier molecular flexibility index (Phi) is 10.3. The lowest BCUT2D eigenvalue weighted by molar-refractivity contribution is 0.326. The smallest absolute Gasteiger partial charge is 0.213 e. The van der Waals surface area contributed by atoms with Gasteiger partial charge in [0, 0.05) is 29.0 Å². The Morgan fingerprint density at radius 3 is 1.89 bits per heavy atom. The van der Waals surface area contributed by atoms with Gasteiger partial charge in [-0.25, -0.2) is 9.97 Å². The fourth-order valence-corrected chi connectivity index (χ4v) is 3.20. The van der Waals surface area contributed by atoms with E-state index in [1.165, 1.54) is 26.7 Å². The predicted octanol–water partition coefficient (Wildman–Crippen LogP) is 5.81. The van der Waals surface area contributed by atoms with Crippen molar-refractivity contribution in [3.63, 3.8) is 0 Å². The van der Waals surface area contributed by atoms with Gasteiger partial charge in [-0.05, 0) is 77.3 Å². The number of aromatic nitrogens is 3. The summed E-state index contributed by atoms with van der Waals surface area (Å²) in [6.45, 7) is 15.0. The van der Waals surface area contributed by atoms with Gasteiger partial charge >= 0.3 is 0 Å². The highest BCUT2D eigenvalue weighted by molar-refractivity contribution is 7.11. The number of hydrogen-bond acceptors (Lipinski definition) is 5. The fraction of sp³-hybridized carbons (Fsp3) is 0.409. The topological polar surface area (TPSA) is 47.9 Å². The molecule has 0 aliphatic heterocycles. The van der Waals surface area contributed by atoms with Crippen LogP contribution in [0.5, 0.6) is 5.88 Å². The summed E-state index contributed by atoms with van der Waals surface area (Å²) >= 11 is 1.80. The normalized spacial score (nSPS) is 9.59. The highest BCUT2D eigenvalue weighted by Crippen LogP contribution is 2.16. The molecule has 0 amide bonds. The molecule has 0 N–H and O–H groups in total. The Bertz CT molecular complexity index is 798. The Morgan fingerprint density at radius 1 is 0.889 bits per heavy atom. The highest BCUT2D eigenvalue weighted by atomic mass is 32.1. The number of ether oxygens (including phenoxy) is 1. The first-order chi connectivity index (χ1) is 12.8. The molecule has 0 aliphatic carbocycles. The van der Waals surface area contributed by atoms with Crippen LogP contribution in [-0.4, -0.2) is 21.6 Å². The van der Waals surface area contributed by atoms with Gasteiger partial charge < -0.3 is 4.74 Å². The van der Waals surface area contributed by atoms with Crippen molar-refractivity contribution in [3.05, 3.63) is 69.1 Å². The van der Waals surface area contributed by atoms with Crippen LogP contribution in [-0.2, 0) is 6.42 Å². The maximum Gasteiger partial charge on any atom is 0.213 e. The second-order valence-corrected chi connectivity index (χ2v) is 7.46. The lowest BCUT2D eigenvalue weighted by atomic mass is 10.3. The van der Waals surface area contributed by atoms with Gasteiger partial charge in [0.05, 0.1) is 17.3 Å². The summed E-state index contributed by atoms with van der Waals surface area (Å²) in [4.78, 5) is 13.8. The second kappa shape index (κ2) is 12.2. The molecule has 3 aromatic heterocycles. The molecule has 5 heteroatoms. The first-order valence-corrected chi connectivity index (χ1v) is 10.0. The number of aryl methyl sites for hydroxylation is 6. The van der Waals surface area contributed by atoms with E-state index in [9.17, 15) is 0 Å². The molecule has 0 spiro atoms. The van der Waals surface area contributed by atoms with E-state index in [2.05, 4.69) is 48.7 Å². The van der Waals surface area contributed by atoms with Gasteiger partial charge in [0.1, 0.15) is 0 Å². The van der Waals surface area contributed by atoms with Crippen molar-refractivity contribution in [2.24, 2.45) is 0 Å². The summed E-state index contributed by atoms with van der Waals surface area (Å²) in [5.74, 6) is 0.711. The molecular weight excluding hydrogens is 354 g/mol. The first-order valence-electron chi connectivity index (χ1n) is 9.23. The van der Waals surface area contributed by atoms with Gasteiger partial charge in [0.15, 0.2) is 0 Å². The molecule has 0 saturated heterocycles. The van der Waals surface area contributed by atoms with E-state index in [-0.39, 0.29) is 0 Å². The third-order valence-corrected chi connectivity index (χ3v) is 4.77. The monoisotopic (exact) mass is 385 g/mol. The molecule has 0 bridgehead atoms. The van der Waals surface area contributed by atoms with E-state index in [1.54, 1.807) is 17.5 Å². The van der Waals surface area contributed by atoms with Crippen LogP contribution >= 0.6 is 11.3 Å². The number of thiazole rings is 1. The van der Waals surface area contributed by atoms with E-state index in [4.69, 9.17) is 4.74 Å². The fourth-order valence-electron chi connectivity index (χ4n) is 2.32. The third kappa shape index (κ3) is 9.29. The minimum absolute atomic E-state index is 0.677. The molecule has 0 fully saturated rings. The van der Waals surface area contributed by atoms with Gasteiger partial charge in [-0.2, -0.15) is 0 Å². The van der Waals surface area contributed by atoms with E-state index < -0.39 is 0 Å². The van der Waals surface area contributed by atoms with Crippen LogP contribution in [0.3, 0.4) is 0 Å². The van der Waals surface area contributed by atoms with E-state index >= 15 is 0 Å². The molecular formula is C22H31N3OS. The van der Waals surface area contributed by atoms with Crippen molar-refractivity contribution >= 4 is 11.3 Å². The summed E-state index contributed by atoms with van der Waals surface area (Å²) < 4.78 is 5.18. The molecule has 0 aliphatic rings. The Labute approximate surface area is 167 Å². The quantitative estimate of drug-likeness (QED) is 0.571. The van der Waals surface area contributed by atoms with Gasteiger partial charge in [0.2, 0.25) is 5.88 Å². The van der Waals surface area contributed by atoms with E-state index in [0.717, 1.165) is 12.1 Å². The van der Waals surface area contributed by atoms with Crippen LogP contribution in [0.15, 0.2) is 36.7 Å². The molecule has 3 heterocycles. The number of rotatable bonds is 3. The van der Waals surface area contributed by atoms with Gasteiger partial charge in [-0.3, -0.25) is 4.98 Å². The molecule has 3 aromatic rings. The SMILES string of the molecule is CCOc1cc(C)ccn1.CCc1sc(C)nc1C.Cc1ccnc(C)c1. The predicted molar refractivity (Wildman–Crippen MR) is 115 cm³/mol. The number of hydrogen-bond donors (Lipinski definition) is 0. The van der Waals surface area contributed by atoms with Gasteiger partial charge in [-0.1, -0.05) is 6.92 Å². The average molecular weight is 386 g/mol. The Morgan fingerprint density at radius 2 is 1.52 bits per heavy atom. The van der Waals surface area contributed by atoms with Crippen LogP contribution in [0.4, 0.5) is 0 Å². The standard InChI is InChI=1S/C8H11NO.C7H11NS.C7H9N/c1-3-10-8-6-7(2)4-5-9-8;1-4-7-5(2)8-6(3)9-7;1-6-3-4-8-7(2)5-6/h4-6H,3H2,1-2H3;4H2,1-3H3;3-5H,1-2H3. The zero-order valence-electron chi connectivity index (χ0n) is 17.5. The maximum atomic E-state index is 5.18. The van der Waals surface area contributed by atoms with Crippen LogP contribution in [0.2, 0.25) is 0 Å². The molecule has 0 radical (unpaired) electrons. The van der Waals surface area contributed by atoms with Gasteiger partial charge in [-0.15, -0.1) is 11.3 Å². The molecule has 0 aromatic carbocycles. The molecule has 0 saturated carbocycles. The highest BCUT2D eigenvalue weighted by Gasteiger charge is 1.99. The summed E-state index contributed by atoms with van der Waals surface area (Å²) in [5.41, 5.74) is 4.75. The Balaban J connectivity index is 0.000000204. The minimum atomic E-state index is 0.677. The van der Waals surface area contributed by atoms with E-state index in [1.807, 2.05) is 45.2 Å². The maximum absolute atomic E-state index is 5.18. The van der Waals surface area contributed by atoms with Crippen molar-refractivity contribution in [2.75, 3.05) is 6.61 Å². The Hall–Kier alpha value is -2.27. The largest absolute Gasteiger partial charge is 0.478 e. The van der Waals surface area contributed by atoms with Crippen molar-refractivity contribution in [2.45, 2.75) is 54.9 Å². The summed E-state index contributed by atoms with van der Waals surface area (Å²) in [5, 5.41) is 1.18. The van der Waals surface area contributed by atoms with Crippen LogP contribution in [0.25, 0.3) is 0 Å². The number of nitrogens with zero attached hydrogens (tertiary/aromatic N) is 3. The van der Waals surface area contributed by atoms with E-state index in [0.29, 0.717) is 12.5 Å². The molecule has 4 nitrogen and oxygen atoms in total. The van der Waals surface area contributed by atoms with Gasteiger partial charge in [0.25, 0.3) is 0 Å². The second-order valence-electron chi connectivity index (χ2n) is 6.17. The lowest BCUT2D eigenvalue weighted by Gasteiger charge is -2.00. The van der Waals surface area contributed by atoms with Crippen LogP contribution in [0, 0.1) is 34.6 Å². The molecule has 3 rings (SSSR count). The van der Waals surface area contributed by atoms with Crippen molar-refractivity contribution in [1.82, 2.24) is 15.0 Å². The summed E-state index contributed by atoms with van der Waals surface area (Å²) in [6.07, 6.45) is 4.70. The summed E-state index contributed by atoms with van der Waals surface area (Å²) in [6, 6.07) is 7.92. The van der Waals surface area contributed by atoms with Crippen LogP contribution in [0.1, 0.15) is 46.2 Å². The number of pyridine rings is 2. The van der Waals surface area contributed by atoms with Crippen molar-refractivity contribution in [3.8, 4) is 5.88 Å². The molecule has 146 valence electrons. The van der Waals surface area contributed by atoms with Crippen molar-refractivity contribution in [1.29, 1.82) is 0 Å². The third-order valence-electron chi connectivity index (χ3n) is 3.56. The molecule has 0 atom stereocenters. The minimum Gasteiger partial charge on any atom is -0.478 e.